The molecule has 7 heteroatoms. The highest BCUT2D eigenvalue weighted by atomic mass is 16.6. The van der Waals surface area contributed by atoms with Gasteiger partial charge in [-0.2, -0.15) is 5.10 Å². The fourth-order valence-corrected chi connectivity index (χ4v) is 2.73. The molecule has 3 rings (SSSR count). The van der Waals surface area contributed by atoms with Crippen LogP contribution in [0.1, 0.15) is 31.7 Å². The first-order valence-electron chi connectivity index (χ1n) is 6.99. The molecular formula is C14H16N4O3. The van der Waals surface area contributed by atoms with E-state index in [2.05, 4.69) is 10.1 Å². The van der Waals surface area contributed by atoms with Crippen LogP contribution in [0.4, 0.5) is 5.69 Å². The first-order chi connectivity index (χ1) is 10.1. The number of rotatable bonds is 3. The van der Waals surface area contributed by atoms with Gasteiger partial charge in [0.2, 0.25) is 0 Å². The summed E-state index contributed by atoms with van der Waals surface area (Å²) in [6, 6.07) is 6.19. The zero-order valence-corrected chi connectivity index (χ0v) is 11.4. The summed E-state index contributed by atoms with van der Waals surface area (Å²) < 4.78 is 1.68. The number of nitro groups is 1. The molecule has 1 heterocycles. The molecule has 21 heavy (non-hydrogen) atoms. The third-order valence-corrected chi connectivity index (χ3v) is 3.86. The summed E-state index contributed by atoms with van der Waals surface area (Å²) in [5.74, 6) is 0.441. The van der Waals surface area contributed by atoms with Crippen LogP contribution in [-0.4, -0.2) is 30.9 Å². The minimum atomic E-state index is -0.439. The van der Waals surface area contributed by atoms with E-state index in [0.29, 0.717) is 11.4 Å². The Kier molecular flexibility index (Phi) is 3.66. The van der Waals surface area contributed by atoms with Gasteiger partial charge in [-0.15, -0.1) is 0 Å². The van der Waals surface area contributed by atoms with Gasteiger partial charge in [0.1, 0.15) is 6.33 Å². The van der Waals surface area contributed by atoms with Crippen molar-refractivity contribution >= 4 is 5.69 Å². The summed E-state index contributed by atoms with van der Waals surface area (Å²) in [4.78, 5) is 14.6. The van der Waals surface area contributed by atoms with Crippen LogP contribution in [0.25, 0.3) is 11.4 Å². The Morgan fingerprint density at radius 2 is 2.14 bits per heavy atom. The lowest BCUT2D eigenvalue weighted by molar-refractivity contribution is -0.384. The predicted octanol–water partition coefficient (Wildman–Crippen LogP) is 2.33. The Labute approximate surface area is 121 Å². The smallest absolute Gasteiger partial charge is 0.270 e. The van der Waals surface area contributed by atoms with Crippen molar-refractivity contribution in [1.29, 1.82) is 0 Å². The highest BCUT2D eigenvalue weighted by molar-refractivity contribution is 5.58. The molecule has 2 atom stereocenters. The maximum Gasteiger partial charge on any atom is 0.270 e. The van der Waals surface area contributed by atoms with Crippen molar-refractivity contribution in [1.82, 2.24) is 14.8 Å². The Hall–Kier alpha value is -2.28. The number of aliphatic hydroxyl groups excluding tert-OH is 1. The van der Waals surface area contributed by atoms with Crippen LogP contribution < -0.4 is 0 Å². The van der Waals surface area contributed by atoms with Gasteiger partial charge < -0.3 is 5.11 Å². The molecule has 1 fully saturated rings. The minimum Gasteiger partial charge on any atom is -0.391 e. The third-order valence-electron chi connectivity index (χ3n) is 3.86. The predicted molar refractivity (Wildman–Crippen MR) is 75.6 cm³/mol. The second kappa shape index (κ2) is 5.61. The molecule has 2 aromatic rings. The van der Waals surface area contributed by atoms with Crippen molar-refractivity contribution in [2.75, 3.05) is 0 Å². The van der Waals surface area contributed by atoms with Gasteiger partial charge in [-0.25, -0.2) is 9.67 Å². The monoisotopic (exact) mass is 288 g/mol. The molecule has 0 unspecified atom stereocenters. The number of benzene rings is 1. The van der Waals surface area contributed by atoms with Crippen LogP contribution in [0.5, 0.6) is 0 Å². The Morgan fingerprint density at radius 1 is 1.33 bits per heavy atom. The second-order valence-corrected chi connectivity index (χ2v) is 5.27. The number of hydrogen-bond donors (Lipinski definition) is 1. The number of aliphatic hydroxyl groups is 1. The van der Waals surface area contributed by atoms with E-state index in [1.54, 1.807) is 23.1 Å². The lowest BCUT2D eigenvalue weighted by Gasteiger charge is -2.27. The van der Waals surface area contributed by atoms with Crippen LogP contribution in [0.15, 0.2) is 30.6 Å². The summed E-state index contributed by atoms with van der Waals surface area (Å²) in [5, 5.41) is 25.2. The molecule has 0 saturated heterocycles. The van der Waals surface area contributed by atoms with Crippen molar-refractivity contribution in [2.24, 2.45) is 0 Å². The molecule has 7 nitrogen and oxygen atoms in total. The fraction of sp³-hybridized carbons (Fsp3) is 0.429. The molecule has 110 valence electrons. The molecule has 1 aromatic carbocycles. The highest BCUT2D eigenvalue weighted by Gasteiger charge is 2.25. The normalized spacial score (nSPS) is 22.1. The van der Waals surface area contributed by atoms with E-state index in [1.165, 1.54) is 12.1 Å². The molecule has 1 aromatic heterocycles. The average molecular weight is 288 g/mol. The van der Waals surface area contributed by atoms with E-state index < -0.39 is 11.0 Å². The summed E-state index contributed by atoms with van der Waals surface area (Å²) in [5.41, 5.74) is 0.620. The molecular weight excluding hydrogens is 272 g/mol. The molecule has 0 spiro atoms. The molecule has 1 saturated carbocycles. The van der Waals surface area contributed by atoms with Gasteiger partial charge in [-0.05, 0) is 12.8 Å². The summed E-state index contributed by atoms with van der Waals surface area (Å²) >= 11 is 0. The number of nitrogens with zero attached hydrogens (tertiary/aromatic N) is 4. The standard InChI is InChI=1S/C14H16N4O3/c19-13-7-2-1-6-12(13)17-9-15-14(16-17)10-4-3-5-11(8-10)18(20)21/h3-5,8-9,12-13,19H,1-2,6-7H2/t12-,13-/m0/s1. The van der Waals surface area contributed by atoms with Gasteiger partial charge in [-0.1, -0.05) is 25.0 Å². The SMILES string of the molecule is O=[N+]([O-])c1cccc(-c2ncn([C@H]3CCCC[C@@H]3O)n2)c1. The van der Waals surface area contributed by atoms with E-state index >= 15 is 0 Å². The van der Waals surface area contributed by atoms with Crippen LogP contribution in [-0.2, 0) is 0 Å². The lowest BCUT2D eigenvalue weighted by Crippen LogP contribution is -2.27. The first kappa shape index (κ1) is 13.7. The number of hydrogen-bond acceptors (Lipinski definition) is 5. The molecule has 0 radical (unpaired) electrons. The van der Waals surface area contributed by atoms with E-state index in [1.807, 2.05) is 0 Å². The van der Waals surface area contributed by atoms with E-state index in [-0.39, 0.29) is 11.7 Å². The maximum atomic E-state index is 10.8. The molecule has 0 amide bonds. The molecule has 1 N–H and O–H groups in total. The summed E-state index contributed by atoms with van der Waals surface area (Å²) in [6.45, 7) is 0. The van der Waals surface area contributed by atoms with Crippen LogP contribution in [0.2, 0.25) is 0 Å². The maximum absolute atomic E-state index is 10.8. The van der Waals surface area contributed by atoms with E-state index in [0.717, 1.165) is 25.7 Å². The number of nitro benzene ring substituents is 1. The molecule has 1 aliphatic rings. The van der Waals surface area contributed by atoms with Crippen molar-refractivity contribution in [2.45, 2.75) is 37.8 Å². The van der Waals surface area contributed by atoms with Gasteiger partial charge >= 0.3 is 0 Å². The minimum absolute atomic E-state index is 0.0153. The molecule has 0 bridgehead atoms. The molecule has 0 aliphatic heterocycles. The van der Waals surface area contributed by atoms with Crippen molar-refractivity contribution in [3.63, 3.8) is 0 Å². The van der Waals surface area contributed by atoms with Gasteiger partial charge in [0.05, 0.1) is 17.1 Å². The largest absolute Gasteiger partial charge is 0.391 e. The van der Waals surface area contributed by atoms with Gasteiger partial charge in [0, 0.05) is 17.7 Å². The van der Waals surface area contributed by atoms with E-state index in [9.17, 15) is 15.2 Å². The van der Waals surface area contributed by atoms with E-state index in [4.69, 9.17) is 0 Å². The average Bonchev–Trinajstić information content (AvgIpc) is 2.97. The second-order valence-electron chi connectivity index (χ2n) is 5.27. The zero-order valence-electron chi connectivity index (χ0n) is 11.4. The molecule has 1 aliphatic carbocycles. The Bertz CT molecular complexity index is 655. The van der Waals surface area contributed by atoms with Gasteiger partial charge in [-0.3, -0.25) is 10.1 Å². The highest BCUT2D eigenvalue weighted by Crippen LogP contribution is 2.29. The Balaban J connectivity index is 1.87. The number of non-ortho nitro benzene ring substituents is 1. The summed E-state index contributed by atoms with van der Waals surface area (Å²) in [6.07, 6.45) is 4.93. The van der Waals surface area contributed by atoms with Crippen LogP contribution in [0, 0.1) is 10.1 Å². The van der Waals surface area contributed by atoms with Crippen molar-refractivity contribution < 1.29 is 10.0 Å². The van der Waals surface area contributed by atoms with Crippen molar-refractivity contribution in [3.8, 4) is 11.4 Å². The van der Waals surface area contributed by atoms with Crippen LogP contribution >= 0.6 is 0 Å². The number of aromatic nitrogens is 3. The van der Waals surface area contributed by atoms with Gasteiger partial charge in [0.15, 0.2) is 5.82 Å². The van der Waals surface area contributed by atoms with Crippen LogP contribution in [0.3, 0.4) is 0 Å². The van der Waals surface area contributed by atoms with Crippen molar-refractivity contribution in [3.05, 3.63) is 40.7 Å². The lowest BCUT2D eigenvalue weighted by atomic mass is 9.93. The topological polar surface area (TPSA) is 94.1 Å². The third kappa shape index (κ3) is 2.78. The quantitative estimate of drug-likeness (QED) is 0.691. The summed E-state index contributed by atoms with van der Waals surface area (Å²) in [7, 11) is 0. The first-order valence-corrected chi connectivity index (χ1v) is 6.99. The van der Waals surface area contributed by atoms with Gasteiger partial charge in [0.25, 0.3) is 5.69 Å². The Morgan fingerprint density at radius 3 is 2.90 bits per heavy atom. The fourth-order valence-electron chi connectivity index (χ4n) is 2.73. The zero-order chi connectivity index (χ0) is 14.8.